The van der Waals surface area contributed by atoms with Gasteiger partial charge < -0.3 is 10.2 Å². The molecule has 1 aromatic rings. The molecule has 0 bridgehead atoms. The van der Waals surface area contributed by atoms with Crippen molar-refractivity contribution >= 4 is 12.0 Å². The number of hydrogen-bond donors (Lipinski definition) is 2. The first kappa shape index (κ1) is 13.8. The van der Waals surface area contributed by atoms with Crippen LogP contribution in [0.4, 0.5) is 0 Å². The first-order valence-electron chi connectivity index (χ1n) is 6.82. The molecule has 2 rings (SSSR count). The summed E-state index contributed by atoms with van der Waals surface area (Å²) in [4.78, 5) is 11.5. The minimum Gasteiger partial charge on any atom is -0.481 e. The Morgan fingerprint density at radius 2 is 1.89 bits per heavy atom. The van der Waals surface area contributed by atoms with Gasteiger partial charge in [-0.25, -0.2) is 0 Å². The van der Waals surface area contributed by atoms with Crippen LogP contribution in [-0.2, 0) is 4.79 Å². The highest BCUT2D eigenvalue weighted by Crippen LogP contribution is 2.37. The molecule has 1 saturated carbocycles. The van der Waals surface area contributed by atoms with Crippen LogP contribution in [0.2, 0.25) is 0 Å². The van der Waals surface area contributed by atoms with E-state index in [4.69, 9.17) is 5.11 Å². The second-order valence-electron chi connectivity index (χ2n) is 5.11. The van der Waals surface area contributed by atoms with Gasteiger partial charge >= 0.3 is 5.97 Å². The maximum Gasteiger partial charge on any atom is 0.311 e. The van der Waals surface area contributed by atoms with E-state index >= 15 is 0 Å². The average Bonchev–Trinajstić information content (AvgIpc) is 2.91. The largest absolute Gasteiger partial charge is 0.481 e. The van der Waals surface area contributed by atoms with Crippen molar-refractivity contribution in [2.24, 2.45) is 5.92 Å². The summed E-state index contributed by atoms with van der Waals surface area (Å²) in [5.74, 6) is -0.819. The van der Waals surface area contributed by atoms with Crippen LogP contribution < -0.4 is 0 Å². The molecule has 1 aliphatic rings. The number of carboxylic acids is 1. The Labute approximate surface area is 113 Å². The molecule has 0 aromatic heterocycles. The van der Waals surface area contributed by atoms with Gasteiger partial charge in [-0.1, -0.05) is 49.3 Å². The van der Waals surface area contributed by atoms with Gasteiger partial charge in [-0.05, 0) is 29.9 Å². The topological polar surface area (TPSA) is 57.5 Å². The van der Waals surface area contributed by atoms with E-state index in [2.05, 4.69) is 0 Å². The molecule has 3 nitrogen and oxygen atoms in total. The SMILES string of the molecule is O=C(O)C(c1ccc(C=CCO)cc1)C1CCCC1. The summed E-state index contributed by atoms with van der Waals surface area (Å²) in [5, 5.41) is 18.2. The quantitative estimate of drug-likeness (QED) is 0.855. The minimum atomic E-state index is -0.717. The summed E-state index contributed by atoms with van der Waals surface area (Å²) >= 11 is 0. The van der Waals surface area contributed by atoms with E-state index in [-0.39, 0.29) is 18.4 Å². The Morgan fingerprint density at radius 1 is 1.26 bits per heavy atom. The molecule has 2 N–H and O–H groups in total. The van der Waals surface area contributed by atoms with E-state index < -0.39 is 5.97 Å². The summed E-state index contributed by atoms with van der Waals surface area (Å²) < 4.78 is 0. The molecule has 0 aliphatic heterocycles. The number of hydrogen-bond acceptors (Lipinski definition) is 2. The summed E-state index contributed by atoms with van der Waals surface area (Å²) in [6.45, 7) is 0.0155. The number of carboxylic acid groups (broad SMARTS) is 1. The molecule has 1 atom stereocenters. The van der Waals surface area contributed by atoms with Crippen LogP contribution in [0.1, 0.15) is 42.7 Å². The van der Waals surface area contributed by atoms with Crippen molar-refractivity contribution in [3.8, 4) is 0 Å². The number of rotatable bonds is 5. The second-order valence-corrected chi connectivity index (χ2v) is 5.11. The van der Waals surface area contributed by atoms with Crippen molar-refractivity contribution in [1.82, 2.24) is 0 Å². The van der Waals surface area contributed by atoms with E-state index in [9.17, 15) is 9.90 Å². The third kappa shape index (κ3) is 3.44. The zero-order chi connectivity index (χ0) is 13.7. The van der Waals surface area contributed by atoms with Crippen LogP contribution in [0.25, 0.3) is 6.08 Å². The van der Waals surface area contributed by atoms with Crippen LogP contribution in [0.3, 0.4) is 0 Å². The molecular formula is C16H20O3. The zero-order valence-electron chi connectivity index (χ0n) is 11.0. The normalized spacial score (nSPS) is 17.9. The molecule has 19 heavy (non-hydrogen) atoms. The number of aliphatic hydroxyl groups excluding tert-OH is 1. The molecule has 1 aromatic carbocycles. The molecule has 3 heteroatoms. The fourth-order valence-electron chi connectivity index (χ4n) is 2.91. The van der Waals surface area contributed by atoms with Crippen molar-refractivity contribution in [3.63, 3.8) is 0 Å². The second kappa shape index (κ2) is 6.53. The Hall–Kier alpha value is -1.61. The van der Waals surface area contributed by atoms with E-state index in [0.29, 0.717) is 0 Å². The van der Waals surface area contributed by atoms with Crippen LogP contribution in [0.5, 0.6) is 0 Å². The lowest BCUT2D eigenvalue weighted by molar-refractivity contribution is -0.140. The van der Waals surface area contributed by atoms with Gasteiger partial charge in [0.2, 0.25) is 0 Å². The van der Waals surface area contributed by atoms with Crippen LogP contribution in [0, 0.1) is 5.92 Å². The van der Waals surface area contributed by atoms with Gasteiger partial charge in [0.05, 0.1) is 12.5 Å². The fourth-order valence-corrected chi connectivity index (χ4v) is 2.91. The van der Waals surface area contributed by atoms with Crippen molar-refractivity contribution in [2.45, 2.75) is 31.6 Å². The molecule has 102 valence electrons. The zero-order valence-corrected chi connectivity index (χ0v) is 11.0. The first-order valence-corrected chi connectivity index (χ1v) is 6.82. The van der Waals surface area contributed by atoms with Gasteiger partial charge in [-0.3, -0.25) is 4.79 Å². The van der Waals surface area contributed by atoms with E-state index in [1.165, 1.54) is 0 Å². The number of aliphatic carboxylic acids is 1. The molecule has 0 spiro atoms. The Kier molecular flexibility index (Phi) is 4.74. The Bertz CT molecular complexity index is 442. The van der Waals surface area contributed by atoms with Gasteiger partial charge in [0.15, 0.2) is 0 Å². The highest BCUT2D eigenvalue weighted by Gasteiger charge is 2.31. The molecular weight excluding hydrogens is 240 g/mol. The lowest BCUT2D eigenvalue weighted by Crippen LogP contribution is -2.19. The highest BCUT2D eigenvalue weighted by atomic mass is 16.4. The molecule has 1 fully saturated rings. The van der Waals surface area contributed by atoms with E-state index in [0.717, 1.165) is 36.8 Å². The van der Waals surface area contributed by atoms with Crippen molar-refractivity contribution in [3.05, 3.63) is 41.5 Å². The van der Waals surface area contributed by atoms with Gasteiger partial charge in [-0.15, -0.1) is 0 Å². The molecule has 0 saturated heterocycles. The maximum absolute atomic E-state index is 11.5. The number of aliphatic hydroxyl groups is 1. The van der Waals surface area contributed by atoms with Crippen LogP contribution in [0.15, 0.2) is 30.3 Å². The fraction of sp³-hybridized carbons (Fsp3) is 0.438. The third-order valence-corrected chi connectivity index (χ3v) is 3.85. The lowest BCUT2D eigenvalue weighted by atomic mass is 9.84. The molecule has 0 heterocycles. The lowest BCUT2D eigenvalue weighted by Gasteiger charge is -2.19. The van der Waals surface area contributed by atoms with Gasteiger partial charge in [0.1, 0.15) is 0 Å². The molecule has 0 amide bonds. The Balaban J connectivity index is 2.17. The predicted molar refractivity (Wildman–Crippen MR) is 74.9 cm³/mol. The molecule has 1 aliphatic carbocycles. The van der Waals surface area contributed by atoms with Crippen molar-refractivity contribution in [2.75, 3.05) is 6.61 Å². The summed E-state index contributed by atoms with van der Waals surface area (Å²) in [6.07, 6.45) is 7.82. The summed E-state index contributed by atoms with van der Waals surface area (Å²) in [7, 11) is 0. The Morgan fingerprint density at radius 3 is 2.42 bits per heavy atom. The monoisotopic (exact) mass is 260 g/mol. The molecule has 0 radical (unpaired) electrons. The van der Waals surface area contributed by atoms with Crippen molar-refractivity contribution < 1.29 is 15.0 Å². The van der Waals surface area contributed by atoms with Crippen LogP contribution >= 0.6 is 0 Å². The average molecular weight is 260 g/mol. The number of carbonyl (C=O) groups is 1. The number of benzene rings is 1. The molecule has 1 unspecified atom stereocenters. The van der Waals surface area contributed by atoms with Gasteiger partial charge in [0, 0.05) is 0 Å². The standard InChI is InChI=1S/C16H20O3/c17-11-3-4-12-7-9-14(10-8-12)15(16(18)19)13-5-1-2-6-13/h3-4,7-10,13,15,17H,1-2,5-6,11H2,(H,18,19). The van der Waals surface area contributed by atoms with Crippen molar-refractivity contribution in [1.29, 1.82) is 0 Å². The van der Waals surface area contributed by atoms with E-state index in [1.54, 1.807) is 6.08 Å². The van der Waals surface area contributed by atoms with Crippen LogP contribution in [-0.4, -0.2) is 22.8 Å². The highest BCUT2D eigenvalue weighted by molar-refractivity contribution is 5.76. The minimum absolute atomic E-state index is 0.0155. The maximum atomic E-state index is 11.5. The van der Waals surface area contributed by atoms with Gasteiger partial charge in [0.25, 0.3) is 0 Å². The summed E-state index contributed by atoms with van der Waals surface area (Å²) in [6, 6.07) is 7.61. The third-order valence-electron chi connectivity index (χ3n) is 3.85. The first-order chi connectivity index (χ1) is 9.22. The van der Waals surface area contributed by atoms with E-state index in [1.807, 2.05) is 30.3 Å². The summed E-state index contributed by atoms with van der Waals surface area (Å²) in [5.41, 5.74) is 1.87. The van der Waals surface area contributed by atoms with Gasteiger partial charge in [-0.2, -0.15) is 0 Å². The predicted octanol–water partition coefficient (Wildman–Crippen LogP) is 3.05. The smallest absolute Gasteiger partial charge is 0.311 e.